The number of hydrogen-bond donors (Lipinski definition) is 1. The molecule has 11 nitrogen and oxygen atoms in total. The van der Waals surface area contributed by atoms with Crippen LogP contribution in [0.15, 0.2) is 63.9 Å². The van der Waals surface area contributed by atoms with Gasteiger partial charge >= 0.3 is 0 Å². The van der Waals surface area contributed by atoms with E-state index in [-0.39, 0.29) is 11.8 Å². The van der Waals surface area contributed by atoms with E-state index in [4.69, 9.17) is 21.1 Å². The highest BCUT2D eigenvalue weighted by atomic mass is 35.5. The van der Waals surface area contributed by atoms with Crippen LogP contribution in [-0.4, -0.2) is 60.2 Å². The molecular formula is C24H28ClN7O4S. The first kappa shape index (κ1) is 27.8. The van der Waals surface area contributed by atoms with E-state index in [0.29, 0.717) is 33.6 Å². The highest BCUT2D eigenvalue weighted by molar-refractivity contribution is 7.93. The van der Waals surface area contributed by atoms with E-state index < -0.39 is 21.2 Å². The number of halogens is 1. The molecule has 0 radical (unpaired) electrons. The summed E-state index contributed by atoms with van der Waals surface area (Å²) < 4.78 is 42.2. The molecule has 0 saturated carbocycles. The smallest absolute Gasteiger partial charge is 0.243 e. The van der Waals surface area contributed by atoms with Gasteiger partial charge in [-0.2, -0.15) is 0 Å². The predicted octanol–water partition coefficient (Wildman–Crippen LogP) is 4.31. The maximum atomic E-state index is 13.5. The molecule has 2 aromatic heterocycles. The molecule has 3 rings (SSSR count). The Balaban J connectivity index is 2.14. The summed E-state index contributed by atoms with van der Waals surface area (Å²) in [6.07, 6.45) is 4.60. The molecule has 13 heteroatoms. The van der Waals surface area contributed by atoms with Crippen molar-refractivity contribution in [2.45, 2.75) is 26.0 Å². The van der Waals surface area contributed by atoms with E-state index in [1.165, 1.54) is 31.9 Å². The number of methoxy groups -OCH3 is 2. The van der Waals surface area contributed by atoms with Crippen molar-refractivity contribution >= 4 is 40.1 Å². The lowest BCUT2D eigenvalue weighted by atomic mass is 10.1. The number of anilines is 1. The third-order valence-corrected chi connectivity index (χ3v) is 7.53. The SMILES string of the molecule is C=NC(=N/C=C(\C)Cl)[C@H](C)[C@@H](C)S(=O)(=O)Nc1nnc(-c2cccnc2)n1-c1c(OC)cccc1OC. The lowest BCUT2D eigenvalue weighted by molar-refractivity contribution is 0.391. The number of ether oxygens (including phenoxy) is 2. The molecule has 0 aliphatic heterocycles. The summed E-state index contributed by atoms with van der Waals surface area (Å²) in [6.45, 7) is 8.38. The first-order valence-corrected chi connectivity index (χ1v) is 13.0. The molecule has 0 saturated heterocycles. The molecule has 3 aromatic rings. The van der Waals surface area contributed by atoms with Gasteiger partial charge in [0.1, 0.15) is 23.0 Å². The van der Waals surface area contributed by atoms with Crippen LogP contribution in [-0.2, 0) is 10.0 Å². The topological polar surface area (TPSA) is 133 Å². The van der Waals surface area contributed by atoms with Gasteiger partial charge in [0.25, 0.3) is 0 Å². The van der Waals surface area contributed by atoms with Gasteiger partial charge in [0.15, 0.2) is 5.82 Å². The summed E-state index contributed by atoms with van der Waals surface area (Å²) in [5.74, 6) is 0.688. The Hall–Kier alpha value is -3.77. The summed E-state index contributed by atoms with van der Waals surface area (Å²) in [6, 6.07) is 8.71. The van der Waals surface area contributed by atoms with E-state index in [0.717, 1.165) is 0 Å². The van der Waals surface area contributed by atoms with Crippen molar-refractivity contribution in [1.82, 2.24) is 19.7 Å². The van der Waals surface area contributed by atoms with Crippen LogP contribution in [0.4, 0.5) is 5.95 Å². The lowest BCUT2D eigenvalue weighted by Crippen LogP contribution is -2.35. The zero-order chi connectivity index (χ0) is 27.2. The van der Waals surface area contributed by atoms with Crippen molar-refractivity contribution in [3.05, 3.63) is 54.0 Å². The monoisotopic (exact) mass is 545 g/mol. The van der Waals surface area contributed by atoms with Crippen molar-refractivity contribution in [2.24, 2.45) is 15.9 Å². The van der Waals surface area contributed by atoms with Crippen LogP contribution in [0.5, 0.6) is 11.5 Å². The first-order valence-electron chi connectivity index (χ1n) is 11.1. The Kier molecular flexibility index (Phi) is 9.00. The van der Waals surface area contributed by atoms with Crippen LogP contribution in [0.25, 0.3) is 17.1 Å². The van der Waals surface area contributed by atoms with Gasteiger partial charge in [0.05, 0.1) is 19.5 Å². The van der Waals surface area contributed by atoms with E-state index in [1.54, 1.807) is 56.6 Å². The molecule has 1 aromatic carbocycles. The number of nitrogens with zero attached hydrogens (tertiary/aromatic N) is 6. The van der Waals surface area contributed by atoms with Gasteiger partial charge in [-0.25, -0.2) is 18.4 Å². The number of benzene rings is 1. The van der Waals surface area contributed by atoms with Crippen LogP contribution in [0.2, 0.25) is 0 Å². The number of rotatable bonds is 10. The molecular weight excluding hydrogens is 518 g/mol. The van der Waals surface area contributed by atoms with E-state index in [2.05, 4.69) is 36.6 Å². The highest BCUT2D eigenvalue weighted by Gasteiger charge is 2.32. The van der Waals surface area contributed by atoms with Crippen LogP contribution in [0.1, 0.15) is 20.8 Å². The zero-order valence-corrected chi connectivity index (χ0v) is 22.7. The highest BCUT2D eigenvalue weighted by Crippen LogP contribution is 2.37. The number of sulfonamides is 1. The lowest BCUT2D eigenvalue weighted by Gasteiger charge is -2.21. The van der Waals surface area contributed by atoms with Gasteiger partial charge in [0.2, 0.25) is 16.0 Å². The van der Waals surface area contributed by atoms with Crippen LogP contribution >= 0.6 is 11.6 Å². The molecule has 0 amide bonds. The fourth-order valence-electron chi connectivity index (χ4n) is 3.45. The average Bonchev–Trinajstić information content (AvgIpc) is 3.30. The molecule has 0 aliphatic rings. The average molecular weight is 546 g/mol. The Morgan fingerprint density at radius 2 is 1.84 bits per heavy atom. The number of amidine groups is 1. The van der Waals surface area contributed by atoms with Crippen molar-refractivity contribution in [3.63, 3.8) is 0 Å². The summed E-state index contributed by atoms with van der Waals surface area (Å²) >= 11 is 5.86. The Morgan fingerprint density at radius 3 is 2.38 bits per heavy atom. The maximum Gasteiger partial charge on any atom is 0.243 e. The minimum absolute atomic E-state index is 0.0674. The number of hydrogen-bond acceptors (Lipinski definition) is 8. The molecule has 196 valence electrons. The molecule has 0 aliphatic carbocycles. The maximum absolute atomic E-state index is 13.5. The Bertz CT molecular complexity index is 1400. The third kappa shape index (κ3) is 6.15. The third-order valence-electron chi connectivity index (χ3n) is 5.58. The molecule has 0 spiro atoms. The van der Waals surface area contributed by atoms with Crippen LogP contribution in [0.3, 0.4) is 0 Å². The summed E-state index contributed by atoms with van der Waals surface area (Å²) in [5, 5.41) is 7.87. The quantitative estimate of drug-likeness (QED) is 0.296. The molecule has 37 heavy (non-hydrogen) atoms. The van der Waals surface area contributed by atoms with Gasteiger partial charge in [-0.1, -0.05) is 24.6 Å². The van der Waals surface area contributed by atoms with E-state index in [9.17, 15) is 8.42 Å². The summed E-state index contributed by atoms with van der Waals surface area (Å²) in [4.78, 5) is 12.2. The molecule has 0 bridgehead atoms. The standard InChI is InChI=1S/C24H28ClN7O4S/c1-15(25)13-28-22(26-4)16(2)17(3)37(33,34)31-24-30-29-23(18-9-8-12-27-14-18)32(24)21-19(35-5)10-7-11-20(21)36-6/h7-14,16-17H,4H2,1-3,5-6H3,(H,30,31)/b15-13+,28-22?/t16-,17-/m1/s1. The van der Waals surface area contributed by atoms with Gasteiger partial charge in [-0.3, -0.25) is 14.3 Å². The van der Waals surface area contributed by atoms with E-state index in [1.807, 2.05) is 0 Å². The van der Waals surface area contributed by atoms with Gasteiger partial charge in [-0.05, 0) is 44.8 Å². The number of allylic oxidation sites excluding steroid dienone is 1. The zero-order valence-electron chi connectivity index (χ0n) is 21.1. The minimum atomic E-state index is -4.04. The number of aliphatic imine (C=N–C) groups is 2. The molecule has 0 unspecified atom stereocenters. The summed E-state index contributed by atoms with van der Waals surface area (Å²) in [5.41, 5.74) is 1.01. The Labute approximate surface area is 221 Å². The van der Waals surface area contributed by atoms with Crippen molar-refractivity contribution in [2.75, 3.05) is 18.9 Å². The molecule has 0 fully saturated rings. The van der Waals surface area contributed by atoms with Crippen LogP contribution in [0, 0.1) is 5.92 Å². The number of nitrogens with one attached hydrogen (secondary N) is 1. The van der Waals surface area contributed by atoms with Crippen molar-refractivity contribution in [1.29, 1.82) is 0 Å². The normalized spacial score (nSPS) is 14.1. The fourth-order valence-corrected chi connectivity index (χ4v) is 4.73. The Morgan fingerprint density at radius 1 is 1.16 bits per heavy atom. The van der Waals surface area contributed by atoms with Crippen molar-refractivity contribution < 1.29 is 17.9 Å². The summed E-state index contributed by atoms with van der Waals surface area (Å²) in [7, 11) is -1.04. The minimum Gasteiger partial charge on any atom is -0.494 e. The van der Waals surface area contributed by atoms with Gasteiger partial charge < -0.3 is 9.47 Å². The second kappa shape index (κ2) is 12.0. The molecule has 1 N–H and O–H groups in total. The van der Waals surface area contributed by atoms with Crippen molar-refractivity contribution in [3.8, 4) is 28.6 Å². The molecule has 2 heterocycles. The predicted molar refractivity (Wildman–Crippen MR) is 145 cm³/mol. The van der Waals surface area contributed by atoms with Crippen LogP contribution < -0.4 is 14.2 Å². The second-order valence-electron chi connectivity index (χ2n) is 7.94. The van der Waals surface area contributed by atoms with E-state index >= 15 is 0 Å². The second-order valence-corrected chi connectivity index (χ2v) is 10.6. The number of para-hydroxylation sites is 1. The number of pyridine rings is 1. The largest absolute Gasteiger partial charge is 0.494 e. The molecule has 2 atom stereocenters. The van der Waals surface area contributed by atoms with Gasteiger partial charge in [-0.15, -0.1) is 10.2 Å². The van der Waals surface area contributed by atoms with Gasteiger partial charge in [0, 0.05) is 35.1 Å². The number of aromatic nitrogens is 4. The first-order chi connectivity index (χ1) is 17.6. The fraction of sp³-hybridized carbons (Fsp3) is 0.292.